The Kier molecular flexibility index (Phi) is 3.42. The predicted octanol–water partition coefficient (Wildman–Crippen LogP) is 2.87. The number of phenols is 1. The Hall–Kier alpha value is -1.12. The summed E-state index contributed by atoms with van der Waals surface area (Å²) in [5.74, 6) is 0.208. The smallest absolute Gasteiger partial charge is 0.235 e. The van der Waals surface area contributed by atoms with Crippen LogP contribution in [0.2, 0.25) is 0 Å². The quantitative estimate of drug-likeness (QED) is 0.669. The molecule has 0 saturated carbocycles. The van der Waals surface area contributed by atoms with E-state index in [0.717, 1.165) is 30.4 Å². The molecule has 0 fully saturated rings. The molecule has 0 radical (unpaired) electrons. The second-order valence-electron chi connectivity index (χ2n) is 3.94. The van der Waals surface area contributed by atoms with Crippen LogP contribution in [0.15, 0.2) is 15.5 Å². The summed E-state index contributed by atoms with van der Waals surface area (Å²) in [5.41, 5.74) is 3.19. The molecule has 0 aliphatic heterocycles. The highest BCUT2D eigenvalue weighted by Gasteiger charge is 2.18. The third-order valence-corrected chi connectivity index (χ3v) is 3.59. The first-order valence-corrected chi connectivity index (χ1v) is 6.09. The molecule has 0 amide bonds. The van der Waals surface area contributed by atoms with Crippen molar-refractivity contribution >= 4 is 22.0 Å². The molecule has 1 aromatic carbocycles. The van der Waals surface area contributed by atoms with Gasteiger partial charge in [0, 0.05) is 5.56 Å². The number of aliphatic imine (C=N–C) groups is 1. The number of aromatic hydroxyl groups is 1. The number of fused-ring (bicyclic) bond motifs is 1. The number of isocyanates is 1. The normalized spacial score (nSPS) is 14.1. The molecule has 0 spiro atoms. The van der Waals surface area contributed by atoms with Gasteiger partial charge >= 0.3 is 0 Å². The fourth-order valence-electron chi connectivity index (χ4n) is 2.22. The van der Waals surface area contributed by atoms with Crippen LogP contribution >= 0.6 is 15.9 Å². The van der Waals surface area contributed by atoms with Crippen LogP contribution in [0.4, 0.5) is 0 Å². The highest BCUT2D eigenvalue weighted by molar-refractivity contribution is 9.10. The monoisotopic (exact) mass is 281 g/mol. The third kappa shape index (κ3) is 2.04. The maximum Gasteiger partial charge on any atom is 0.235 e. The van der Waals surface area contributed by atoms with E-state index in [4.69, 9.17) is 0 Å². The first kappa shape index (κ1) is 11.4. The topological polar surface area (TPSA) is 49.7 Å². The maximum atomic E-state index is 10.2. The average Bonchev–Trinajstić information content (AvgIpc) is 2.30. The Morgan fingerprint density at radius 1 is 1.44 bits per heavy atom. The first-order valence-electron chi connectivity index (χ1n) is 5.29. The van der Waals surface area contributed by atoms with E-state index in [1.165, 1.54) is 18.1 Å². The first-order chi connectivity index (χ1) is 7.74. The van der Waals surface area contributed by atoms with Crippen LogP contribution in [0, 0.1) is 0 Å². The van der Waals surface area contributed by atoms with E-state index < -0.39 is 0 Å². The Labute approximate surface area is 102 Å². The summed E-state index contributed by atoms with van der Waals surface area (Å²) >= 11 is 3.33. The van der Waals surface area contributed by atoms with E-state index >= 15 is 0 Å². The van der Waals surface area contributed by atoms with E-state index in [1.807, 2.05) is 6.07 Å². The lowest BCUT2D eigenvalue weighted by molar-refractivity contribution is 0.462. The number of halogens is 1. The molecule has 1 aromatic rings. The number of hydrogen-bond donors (Lipinski definition) is 1. The van der Waals surface area contributed by atoms with Gasteiger partial charge in [-0.3, -0.25) is 0 Å². The predicted molar refractivity (Wildman–Crippen MR) is 64.3 cm³/mol. The second kappa shape index (κ2) is 4.81. The summed E-state index contributed by atoms with van der Waals surface area (Å²) in [4.78, 5) is 13.7. The summed E-state index contributed by atoms with van der Waals surface area (Å²) in [7, 11) is 0. The van der Waals surface area contributed by atoms with Crippen LogP contribution in [0.25, 0.3) is 0 Å². The van der Waals surface area contributed by atoms with Crippen LogP contribution in [0.3, 0.4) is 0 Å². The highest BCUT2D eigenvalue weighted by atomic mass is 79.9. The largest absolute Gasteiger partial charge is 0.506 e. The molecule has 1 N–H and O–H groups in total. The van der Waals surface area contributed by atoms with Crippen LogP contribution in [0.1, 0.15) is 29.5 Å². The van der Waals surface area contributed by atoms with Crippen molar-refractivity contribution in [1.29, 1.82) is 0 Å². The zero-order valence-electron chi connectivity index (χ0n) is 8.79. The Balaban J connectivity index is 2.53. The zero-order valence-corrected chi connectivity index (χ0v) is 10.4. The molecule has 0 bridgehead atoms. The molecular formula is C12H12BrNO2. The molecule has 3 nitrogen and oxygen atoms in total. The minimum atomic E-state index is 0.208. The van der Waals surface area contributed by atoms with E-state index in [0.29, 0.717) is 4.47 Å². The van der Waals surface area contributed by atoms with Gasteiger partial charge in [0.2, 0.25) is 6.08 Å². The molecule has 0 atom stereocenters. The summed E-state index contributed by atoms with van der Waals surface area (Å²) in [5, 5.41) is 9.94. The minimum Gasteiger partial charge on any atom is -0.506 e. The molecule has 2 rings (SSSR count). The Morgan fingerprint density at radius 3 is 2.94 bits per heavy atom. The van der Waals surface area contributed by atoms with Gasteiger partial charge in [-0.15, -0.1) is 0 Å². The van der Waals surface area contributed by atoms with Gasteiger partial charge in [0.05, 0.1) is 11.0 Å². The molecule has 0 unspecified atom stereocenters. The summed E-state index contributed by atoms with van der Waals surface area (Å²) in [6, 6.07) is 1.97. The van der Waals surface area contributed by atoms with Crippen LogP contribution in [-0.2, 0) is 24.2 Å². The van der Waals surface area contributed by atoms with Gasteiger partial charge in [-0.1, -0.05) is 0 Å². The number of hydrogen-bond acceptors (Lipinski definition) is 3. The van der Waals surface area contributed by atoms with E-state index in [1.54, 1.807) is 0 Å². The van der Waals surface area contributed by atoms with Gasteiger partial charge in [-0.25, -0.2) is 9.79 Å². The summed E-state index contributed by atoms with van der Waals surface area (Å²) < 4.78 is 0.684. The molecule has 16 heavy (non-hydrogen) atoms. The molecule has 1 aliphatic carbocycles. The SMILES string of the molecule is O=C=NCc1c(O)c(Br)cc2c1CCCC2. The second-order valence-corrected chi connectivity index (χ2v) is 4.79. The zero-order chi connectivity index (χ0) is 11.5. The van der Waals surface area contributed by atoms with Crippen LogP contribution in [-0.4, -0.2) is 11.2 Å². The standard InChI is InChI=1S/C12H12BrNO2/c13-11-5-8-3-1-2-4-9(8)10(12(11)16)6-14-7-15/h5,16H,1-4,6H2. The van der Waals surface area contributed by atoms with Crippen molar-refractivity contribution in [2.24, 2.45) is 4.99 Å². The molecule has 0 heterocycles. The molecule has 0 aromatic heterocycles. The number of nitrogens with zero attached hydrogens (tertiary/aromatic N) is 1. The van der Waals surface area contributed by atoms with Gasteiger partial charge in [-0.2, -0.15) is 0 Å². The van der Waals surface area contributed by atoms with Crippen molar-refractivity contribution in [1.82, 2.24) is 0 Å². The molecular weight excluding hydrogens is 270 g/mol. The molecule has 84 valence electrons. The van der Waals surface area contributed by atoms with Crippen molar-refractivity contribution in [2.45, 2.75) is 32.2 Å². The van der Waals surface area contributed by atoms with Crippen molar-refractivity contribution in [3.8, 4) is 5.75 Å². The van der Waals surface area contributed by atoms with Crippen molar-refractivity contribution < 1.29 is 9.90 Å². The van der Waals surface area contributed by atoms with Gasteiger partial charge in [0.1, 0.15) is 5.75 Å². The molecule has 0 saturated heterocycles. The Morgan fingerprint density at radius 2 is 2.19 bits per heavy atom. The van der Waals surface area contributed by atoms with E-state index in [9.17, 15) is 9.90 Å². The van der Waals surface area contributed by atoms with Crippen molar-refractivity contribution in [3.63, 3.8) is 0 Å². The number of rotatable bonds is 2. The fourth-order valence-corrected chi connectivity index (χ4v) is 2.74. The molecule has 1 aliphatic rings. The van der Waals surface area contributed by atoms with Crippen LogP contribution in [0.5, 0.6) is 5.75 Å². The number of carbonyl (C=O) groups excluding carboxylic acids is 1. The lowest BCUT2D eigenvalue weighted by atomic mass is 9.88. The number of aryl methyl sites for hydroxylation is 1. The van der Waals surface area contributed by atoms with Crippen molar-refractivity contribution in [2.75, 3.05) is 0 Å². The fraction of sp³-hybridized carbons (Fsp3) is 0.417. The minimum absolute atomic E-state index is 0.208. The lowest BCUT2D eigenvalue weighted by Crippen LogP contribution is -2.06. The molecule has 4 heteroatoms. The van der Waals surface area contributed by atoms with Gasteiger partial charge in [0.25, 0.3) is 0 Å². The van der Waals surface area contributed by atoms with Crippen molar-refractivity contribution in [3.05, 3.63) is 27.2 Å². The number of phenolic OH excluding ortho intramolecular Hbond substituents is 1. The van der Waals surface area contributed by atoms with E-state index in [-0.39, 0.29) is 12.3 Å². The lowest BCUT2D eigenvalue weighted by Gasteiger charge is -2.20. The van der Waals surface area contributed by atoms with Gasteiger partial charge < -0.3 is 5.11 Å². The maximum absolute atomic E-state index is 10.2. The third-order valence-electron chi connectivity index (χ3n) is 2.99. The van der Waals surface area contributed by atoms with Gasteiger partial charge in [-0.05, 0) is 58.8 Å². The summed E-state index contributed by atoms with van der Waals surface area (Å²) in [6.07, 6.45) is 5.82. The van der Waals surface area contributed by atoms with E-state index in [2.05, 4.69) is 20.9 Å². The highest BCUT2D eigenvalue weighted by Crippen LogP contribution is 2.36. The number of benzene rings is 1. The van der Waals surface area contributed by atoms with Gasteiger partial charge in [0.15, 0.2) is 0 Å². The Bertz CT molecular complexity index is 465. The average molecular weight is 282 g/mol. The summed E-state index contributed by atoms with van der Waals surface area (Å²) in [6.45, 7) is 0.219. The van der Waals surface area contributed by atoms with Crippen LogP contribution < -0.4 is 0 Å².